The maximum absolute atomic E-state index is 12.4. The van der Waals surface area contributed by atoms with E-state index in [1.54, 1.807) is 30.7 Å². The van der Waals surface area contributed by atoms with Crippen molar-refractivity contribution in [3.8, 4) is 28.7 Å². The third kappa shape index (κ3) is 12.9. The lowest BCUT2D eigenvalue weighted by molar-refractivity contribution is -0.165. The number of rotatable bonds is 19. The van der Waals surface area contributed by atoms with Crippen molar-refractivity contribution in [2.75, 3.05) is 25.4 Å². The molecule has 1 saturated carbocycles. The van der Waals surface area contributed by atoms with Crippen LogP contribution in [0.15, 0.2) is 78.2 Å². The molecule has 0 radical (unpaired) electrons. The van der Waals surface area contributed by atoms with E-state index in [0.29, 0.717) is 42.8 Å². The Morgan fingerprint density at radius 2 is 1.86 bits per heavy atom. The fraction of sp³-hybridized carbons (Fsp3) is 0.520. The number of phenols is 3. The molecule has 4 aromatic rings. The van der Waals surface area contributed by atoms with Gasteiger partial charge in [0.1, 0.15) is 18.0 Å². The average Bonchev–Trinajstić information content (AvgIpc) is 3.27. The van der Waals surface area contributed by atoms with E-state index in [1.807, 2.05) is 36.4 Å². The number of pyridine rings is 2. The molecule has 3 aliphatic rings. The van der Waals surface area contributed by atoms with E-state index in [0.717, 1.165) is 101 Å². The van der Waals surface area contributed by atoms with Gasteiger partial charge in [0, 0.05) is 69.8 Å². The molecule has 1 saturated heterocycles. The van der Waals surface area contributed by atoms with Crippen molar-refractivity contribution < 1.29 is 39.1 Å². The van der Waals surface area contributed by atoms with E-state index in [1.165, 1.54) is 18.6 Å². The molecule has 1 aliphatic carbocycles. The van der Waals surface area contributed by atoms with Gasteiger partial charge < -0.3 is 50.6 Å². The number of hydrogen-bond acceptors (Lipinski definition) is 14. The van der Waals surface area contributed by atoms with Gasteiger partial charge in [0.25, 0.3) is 0 Å². The lowest BCUT2D eigenvalue weighted by Gasteiger charge is -2.44. The predicted octanol–water partition coefficient (Wildman–Crippen LogP) is 8.02. The average molecular weight is 879 g/mol. The van der Waals surface area contributed by atoms with E-state index < -0.39 is 12.2 Å². The number of aliphatic imine (C=N–C) groups is 1. The van der Waals surface area contributed by atoms with Crippen LogP contribution in [0.5, 0.6) is 28.7 Å². The highest BCUT2D eigenvalue weighted by molar-refractivity contribution is 5.81. The van der Waals surface area contributed by atoms with Crippen LogP contribution in [0.2, 0.25) is 0 Å². The van der Waals surface area contributed by atoms with Gasteiger partial charge in [-0.25, -0.2) is 4.98 Å². The van der Waals surface area contributed by atoms with Crippen LogP contribution in [0.3, 0.4) is 0 Å². The number of carbonyl (C=O) groups excluding carboxylic acids is 1. The summed E-state index contributed by atoms with van der Waals surface area (Å²) in [6.45, 7) is 5.39. The summed E-state index contributed by atoms with van der Waals surface area (Å²) in [5.41, 5.74) is 9.51. The first-order valence-corrected chi connectivity index (χ1v) is 23.2. The minimum atomic E-state index is -0.539. The zero-order chi connectivity index (χ0) is 44.9. The van der Waals surface area contributed by atoms with Gasteiger partial charge in [0.2, 0.25) is 5.75 Å². The van der Waals surface area contributed by atoms with E-state index in [4.69, 9.17) is 29.7 Å². The first kappa shape index (κ1) is 46.2. The van der Waals surface area contributed by atoms with Gasteiger partial charge in [-0.05, 0) is 122 Å². The molecule has 4 heterocycles. The monoisotopic (exact) mass is 878 g/mol. The third-order valence-electron chi connectivity index (χ3n) is 12.8. The molecule has 344 valence electrons. The summed E-state index contributed by atoms with van der Waals surface area (Å²) < 4.78 is 25.5. The number of phenolic OH excluding ortho intramolecular Hbond substituents is 3. The van der Waals surface area contributed by atoms with Gasteiger partial charge in [0.05, 0.1) is 18.8 Å². The summed E-state index contributed by atoms with van der Waals surface area (Å²) in [6, 6.07) is 16.6. The Hall–Kier alpha value is -5.76. The number of nitrogen functional groups attached to an aromatic ring is 1. The zero-order valence-electron chi connectivity index (χ0n) is 37.3. The molecule has 1 spiro atoms. The second kappa shape index (κ2) is 22.2. The van der Waals surface area contributed by atoms with E-state index in [2.05, 4.69) is 27.5 Å². The molecule has 6 atom stereocenters. The number of nitrogens with one attached hydrogen (secondary N) is 2. The summed E-state index contributed by atoms with van der Waals surface area (Å²) in [7, 11) is 0. The summed E-state index contributed by atoms with van der Waals surface area (Å²) >= 11 is 0. The molecule has 2 aromatic heterocycles. The molecule has 0 unspecified atom stereocenters. The highest BCUT2D eigenvalue weighted by atomic mass is 16.6. The fourth-order valence-corrected chi connectivity index (χ4v) is 9.57. The fourth-order valence-electron chi connectivity index (χ4n) is 9.57. The number of guanidine groups is 1. The number of aryl methyl sites for hydroxylation is 1. The normalized spacial score (nSPS) is 22.5. The summed E-state index contributed by atoms with van der Waals surface area (Å²) in [4.78, 5) is 25.4. The minimum absolute atomic E-state index is 0.0446. The first-order chi connectivity index (χ1) is 31.0. The second-order valence-electron chi connectivity index (χ2n) is 17.8. The van der Waals surface area contributed by atoms with Crippen LogP contribution < -0.4 is 25.8 Å². The number of nitrogens with two attached hydrogens (primary N) is 1. The molecular weight excluding hydrogens is 813 g/mol. The number of hydrogen-bond donors (Lipinski definition) is 6. The Bertz CT molecular complexity index is 2170. The van der Waals surface area contributed by atoms with E-state index in [9.17, 15) is 20.1 Å². The Morgan fingerprint density at radius 1 is 0.969 bits per heavy atom. The molecule has 64 heavy (non-hydrogen) atoms. The van der Waals surface area contributed by atoms with Gasteiger partial charge in [-0.15, -0.1) is 0 Å². The third-order valence-corrected chi connectivity index (χ3v) is 12.8. The second-order valence-corrected chi connectivity index (χ2v) is 17.8. The molecular formula is C50H66N6O8. The van der Waals surface area contributed by atoms with Crippen molar-refractivity contribution in [3.05, 3.63) is 95.4 Å². The number of unbranched alkanes of at least 4 members (excludes halogenated alkanes) is 2. The minimum Gasteiger partial charge on any atom is -0.504 e. The highest BCUT2D eigenvalue weighted by Crippen LogP contribution is 2.44. The number of carbonyl (C=O) groups is 1. The van der Waals surface area contributed by atoms with Crippen LogP contribution in [0, 0.1) is 5.92 Å². The van der Waals surface area contributed by atoms with Crippen molar-refractivity contribution >= 4 is 17.7 Å². The van der Waals surface area contributed by atoms with Crippen molar-refractivity contribution in [1.82, 2.24) is 20.6 Å². The lowest BCUT2D eigenvalue weighted by Crippen LogP contribution is -2.59. The predicted molar refractivity (Wildman–Crippen MR) is 246 cm³/mol. The number of esters is 1. The molecule has 2 fully saturated rings. The molecule has 7 rings (SSSR count). The Labute approximate surface area is 377 Å². The standard InChI is InChI=1S/C50H66N6O8/c1-3-4-5-11-37(43-29-40(62-33(2)57)30-44(64-43)38-27-42(59)48(60)46(28-38)61-23-16-35-10-7-19-52-32-35)24-36-13-14-41(58)45(25-36)63-39-12-6-17-50(31-39)18-22-55-49(56-50)54-20-8-9-34-15-21-53-47(51)26-34/h7,10,13-15,19,21,25-28,32,37,39-40,43-44,58-60H,3-6,8-9,11-12,16-18,20,22-24,29-31H2,1-2H3,(H2,51,53)(H2,54,55,56)/t37-,39+,40-,43-,44+,50-/m1/s1. The van der Waals surface area contributed by atoms with Gasteiger partial charge in [0.15, 0.2) is 29.0 Å². The topological polar surface area (TPSA) is 203 Å². The van der Waals surface area contributed by atoms with E-state index >= 15 is 0 Å². The molecule has 7 N–H and O–H groups in total. The van der Waals surface area contributed by atoms with E-state index in [-0.39, 0.29) is 59.2 Å². The van der Waals surface area contributed by atoms with Gasteiger partial charge in [-0.1, -0.05) is 38.3 Å². The van der Waals surface area contributed by atoms with Crippen molar-refractivity contribution in [2.45, 2.75) is 140 Å². The zero-order valence-corrected chi connectivity index (χ0v) is 37.3. The van der Waals surface area contributed by atoms with Crippen LogP contribution in [-0.2, 0) is 33.5 Å². The molecule has 2 aromatic carbocycles. The number of aromatic nitrogens is 2. The van der Waals surface area contributed by atoms with Gasteiger partial charge >= 0.3 is 5.97 Å². The highest BCUT2D eigenvalue weighted by Gasteiger charge is 2.40. The lowest BCUT2D eigenvalue weighted by atomic mass is 9.77. The molecule has 2 aliphatic heterocycles. The van der Waals surface area contributed by atoms with Crippen LogP contribution in [0.4, 0.5) is 5.82 Å². The molecule has 0 bridgehead atoms. The van der Waals surface area contributed by atoms with Crippen molar-refractivity contribution in [3.63, 3.8) is 0 Å². The van der Waals surface area contributed by atoms with Crippen molar-refractivity contribution in [1.29, 1.82) is 0 Å². The smallest absolute Gasteiger partial charge is 0.302 e. The number of nitrogens with zero attached hydrogens (tertiary/aromatic N) is 3. The Balaban J connectivity index is 1.02. The van der Waals surface area contributed by atoms with Crippen LogP contribution in [0.25, 0.3) is 0 Å². The maximum atomic E-state index is 12.4. The maximum Gasteiger partial charge on any atom is 0.302 e. The number of ether oxygens (including phenoxy) is 4. The number of anilines is 1. The molecule has 14 nitrogen and oxygen atoms in total. The summed E-state index contributed by atoms with van der Waals surface area (Å²) in [6.07, 6.45) is 16.5. The SMILES string of the molecule is CCCCC[C@H](Cc1ccc(O)c(O[C@H]2CCC[C@@]3(CCN=C(NCCCc4ccnc(N)c4)N3)C2)c1)[C@H]1C[C@@H](OC(C)=O)C[C@@H](c2cc(O)c(O)c(OCCc3cccnc3)c2)O1. The van der Waals surface area contributed by atoms with Crippen LogP contribution in [-0.4, -0.2) is 80.8 Å². The van der Waals surface area contributed by atoms with Gasteiger partial charge in [-0.3, -0.25) is 14.8 Å². The van der Waals surface area contributed by atoms with Crippen LogP contribution >= 0.6 is 0 Å². The van der Waals surface area contributed by atoms with Crippen molar-refractivity contribution in [2.24, 2.45) is 10.9 Å². The van der Waals surface area contributed by atoms with Crippen LogP contribution in [0.1, 0.15) is 119 Å². The quantitative estimate of drug-likeness (QED) is 0.0301. The Kier molecular flexibility index (Phi) is 16.1. The largest absolute Gasteiger partial charge is 0.504 e. The molecule has 14 heteroatoms. The summed E-state index contributed by atoms with van der Waals surface area (Å²) in [5.74, 6) is 1.13. The Morgan fingerprint density at radius 3 is 2.67 bits per heavy atom. The first-order valence-electron chi connectivity index (χ1n) is 23.2. The van der Waals surface area contributed by atoms with Gasteiger partial charge in [-0.2, -0.15) is 0 Å². The summed E-state index contributed by atoms with van der Waals surface area (Å²) in [5, 5.41) is 40.0. The molecule has 0 amide bonds. The number of benzene rings is 2. The number of aromatic hydroxyl groups is 3.